The minimum atomic E-state index is -0.284. The molecule has 0 radical (unpaired) electrons. The van der Waals surface area contributed by atoms with E-state index in [-0.39, 0.29) is 22.9 Å². The van der Waals surface area contributed by atoms with E-state index in [4.69, 9.17) is 0 Å². The molecule has 0 aromatic heterocycles. The Labute approximate surface area is 103 Å². The van der Waals surface area contributed by atoms with Crippen LogP contribution in [0.2, 0.25) is 0 Å². The first kappa shape index (κ1) is 12.5. The van der Waals surface area contributed by atoms with Crippen LogP contribution in [0.25, 0.3) is 0 Å². The summed E-state index contributed by atoms with van der Waals surface area (Å²) in [5, 5.41) is 0. The molecule has 0 aliphatic heterocycles. The molecule has 2 heteroatoms. The van der Waals surface area contributed by atoms with Crippen molar-refractivity contribution in [2.24, 2.45) is 23.2 Å². The summed E-state index contributed by atoms with van der Waals surface area (Å²) in [6, 6.07) is 0. The van der Waals surface area contributed by atoms with Crippen LogP contribution in [0.4, 0.5) is 0 Å². The number of ketones is 2. The summed E-state index contributed by atoms with van der Waals surface area (Å²) in [4.78, 5) is 23.5. The highest BCUT2D eigenvalue weighted by molar-refractivity contribution is 6.43. The van der Waals surface area contributed by atoms with Gasteiger partial charge in [-0.05, 0) is 42.6 Å². The molecule has 94 valence electrons. The second-order valence-corrected chi connectivity index (χ2v) is 6.28. The van der Waals surface area contributed by atoms with Gasteiger partial charge in [0.05, 0.1) is 0 Å². The minimum absolute atomic E-state index is 0.0712. The van der Waals surface area contributed by atoms with Crippen LogP contribution in [0.3, 0.4) is 0 Å². The lowest BCUT2D eigenvalue weighted by Gasteiger charge is -2.46. The second-order valence-electron chi connectivity index (χ2n) is 6.28. The van der Waals surface area contributed by atoms with Crippen LogP contribution < -0.4 is 0 Å². The van der Waals surface area contributed by atoms with Gasteiger partial charge in [-0.3, -0.25) is 9.59 Å². The first-order valence-corrected chi connectivity index (χ1v) is 6.65. The van der Waals surface area contributed by atoms with Crippen molar-refractivity contribution in [3.8, 4) is 0 Å². The zero-order valence-corrected chi connectivity index (χ0v) is 11.2. The topological polar surface area (TPSA) is 34.1 Å². The lowest BCUT2D eigenvalue weighted by molar-refractivity contribution is -0.139. The zero-order valence-electron chi connectivity index (χ0n) is 11.2. The molecule has 0 aromatic rings. The SMILES string of the molecule is CC(C)C1CCC2=CC(=O)C(=O)C(C)C2(C)C1. The highest BCUT2D eigenvalue weighted by atomic mass is 16.2. The van der Waals surface area contributed by atoms with Crippen molar-refractivity contribution < 1.29 is 9.59 Å². The lowest BCUT2D eigenvalue weighted by Crippen LogP contribution is -2.44. The fourth-order valence-electron chi connectivity index (χ4n) is 3.40. The van der Waals surface area contributed by atoms with Crippen LogP contribution >= 0.6 is 0 Å². The van der Waals surface area contributed by atoms with Crippen molar-refractivity contribution in [2.75, 3.05) is 0 Å². The maximum Gasteiger partial charge on any atom is 0.221 e. The largest absolute Gasteiger partial charge is 0.290 e. The molecule has 3 atom stereocenters. The fourth-order valence-corrected chi connectivity index (χ4v) is 3.40. The summed E-state index contributed by atoms with van der Waals surface area (Å²) in [5.41, 5.74) is 1.14. The minimum Gasteiger partial charge on any atom is -0.290 e. The summed E-state index contributed by atoms with van der Waals surface area (Å²) in [6.07, 6.45) is 4.82. The van der Waals surface area contributed by atoms with E-state index < -0.39 is 0 Å². The molecule has 2 rings (SSSR count). The molecular formula is C15H22O2. The average Bonchev–Trinajstić information content (AvgIpc) is 2.27. The van der Waals surface area contributed by atoms with Crippen LogP contribution in [0.5, 0.6) is 0 Å². The third kappa shape index (κ3) is 1.88. The fraction of sp³-hybridized carbons (Fsp3) is 0.733. The Hall–Kier alpha value is -0.920. The maximum atomic E-state index is 11.9. The Morgan fingerprint density at radius 2 is 2.00 bits per heavy atom. The summed E-state index contributed by atoms with van der Waals surface area (Å²) in [7, 11) is 0. The summed E-state index contributed by atoms with van der Waals surface area (Å²) >= 11 is 0. The van der Waals surface area contributed by atoms with Crippen LogP contribution in [0.15, 0.2) is 11.6 Å². The van der Waals surface area contributed by atoms with E-state index in [2.05, 4.69) is 20.8 Å². The van der Waals surface area contributed by atoms with Crippen LogP contribution in [-0.2, 0) is 9.59 Å². The molecule has 1 fully saturated rings. The van der Waals surface area contributed by atoms with E-state index in [0.717, 1.165) is 19.3 Å². The Balaban J connectivity index is 2.35. The van der Waals surface area contributed by atoms with Crippen molar-refractivity contribution in [2.45, 2.75) is 47.0 Å². The van der Waals surface area contributed by atoms with Gasteiger partial charge in [0.15, 0.2) is 0 Å². The van der Waals surface area contributed by atoms with Gasteiger partial charge in [0.1, 0.15) is 0 Å². The lowest BCUT2D eigenvalue weighted by atomic mass is 9.56. The van der Waals surface area contributed by atoms with Crippen molar-refractivity contribution in [1.29, 1.82) is 0 Å². The molecule has 17 heavy (non-hydrogen) atoms. The normalized spacial score (nSPS) is 38.1. The molecular weight excluding hydrogens is 212 g/mol. The number of carbonyl (C=O) groups excluding carboxylic acids is 2. The van der Waals surface area contributed by atoms with Gasteiger partial charge >= 0.3 is 0 Å². The molecule has 1 saturated carbocycles. The third-order valence-electron chi connectivity index (χ3n) is 5.04. The Morgan fingerprint density at radius 1 is 1.35 bits per heavy atom. The van der Waals surface area contributed by atoms with Crippen LogP contribution in [-0.4, -0.2) is 11.6 Å². The zero-order chi connectivity index (χ0) is 12.8. The molecule has 3 unspecified atom stereocenters. The molecule has 0 bridgehead atoms. The number of carbonyl (C=O) groups is 2. The molecule has 2 nitrogen and oxygen atoms in total. The van der Waals surface area contributed by atoms with E-state index in [9.17, 15) is 9.59 Å². The predicted molar refractivity (Wildman–Crippen MR) is 67.5 cm³/mol. The molecule has 0 spiro atoms. The number of hydrogen-bond donors (Lipinski definition) is 0. The van der Waals surface area contributed by atoms with Gasteiger partial charge in [-0.25, -0.2) is 0 Å². The standard InChI is InChI=1S/C15H22O2/c1-9(2)11-5-6-12-7-13(16)14(17)10(3)15(12,4)8-11/h7,9-11H,5-6,8H2,1-4H3. The van der Waals surface area contributed by atoms with E-state index in [0.29, 0.717) is 11.8 Å². The monoisotopic (exact) mass is 234 g/mol. The Kier molecular flexibility index (Phi) is 3.01. The van der Waals surface area contributed by atoms with Crippen LogP contribution in [0, 0.1) is 23.2 Å². The van der Waals surface area contributed by atoms with Gasteiger partial charge in [0.25, 0.3) is 0 Å². The molecule has 2 aliphatic carbocycles. The quantitative estimate of drug-likeness (QED) is 0.653. The second kappa shape index (κ2) is 4.08. The Morgan fingerprint density at radius 3 is 2.59 bits per heavy atom. The van der Waals surface area contributed by atoms with E-state index in [1.165, 1.54) is 5.57 Å². The van der Waals surface area contributed by atoms with Crippen molar-refractivity contribution >= 4 is 11.6 Å². The first-order valence-electron chi connectivity index (χ1n) is 6.65. The van der Waals surface area contributed by atoms with Gasteiger partial charge in [-0.2, -0.15) is 0 Å². The summed E-state index contributed by atoms with van der Waals surface area (Å²) in [5.74, 6) is 0.721. The smallest absolute Gasteiger partial charge is 0.221 e. The Bertz CT molecular complexity index is 392. The predicted octanol–water partition coefficient (Wildman–Crippen LogP) is 3.16. The van der Waals surface area contributed by atoms with Gasteiger partial charge < -0.3 is 0 Å². The van der Waals surface area contributed by atoms with Gasteiger partial charge in [0, 0.05) is 5.92 Å². The van der Waals surface area contributed by atoms with E-state index >= 15 is 0 Å². The number of fused-ring (bicyclic) bond motifs is 1. The van der Waals surface area contributed by atoms with Gasteiger partial charge in [0.2, 0.25) is 11.6 Å². The number of rotatable bonds is 1. The molecule has 0 heterocycles. The van der Waals surface area contributed by atoms with Gasteiger partial charge in [-0.15, -0.1) is 0 Å². The highest BCUT2D eigenvalue weighted by Gasteiger charge is 2.47. The maximum absolute atomic E-state index is 11.9. The van der Waals surface area contributed by atoms with E-state index in [1.807, 2.05) is 6.92 Å². The first-order chi connectivity index (χ1) is 7.86. The molecule has 0 saturated heterocycles. The van der Waals surface area contributed by atoms with Gasteiger partial charge in [-0.1, -0.05) is 33.3 Å². The van der Waals surface area contributed by atoms with Crippen molar-refractivity contribution in [1.82, 2.24) is 0 Å². The summed E-state index contributed by atoms with van der Waals surface area (Å²) < 4.78 is 0. The molecule has 2 aliphatic rings. The van der Waals surface area contributed by atoms with E-state index in [1.54, 1.807) is 6.08 Å². The molecule has 0 N–H and O–H groups in total. The molecule has 0 amide bonds. The highest BCUT2D eigenvalue weighted by Crippen LogP contribution is 2.51. The molecule has 0 aromatic carbocycles. The van der Waals surface area contributed by atoms with Crippen molar-refractivity contribution in [3.05, 3.63) is 11.6 Å². The van der Waals surface area contributed by atoms with Crippen molar-refractivity contribution in [3.63, 3.8) is 0 Å². The number of allylic oxidation sites excluding steroid dienone is 2. The summed E-state index contributed by atoms with van der Waals surface area (Å²) in [6.45, 7) is 8.60. The van der Waals surface area contributed by atoms with Crippen LogP contribution in [0.1, 0.15) is 47.0 Å². The number of hydrogen-bond acceptors (Lipinski definition) is 2. The average molecular weight is 234 g/mol. The third-order valence-corrected chi connectivity index (χ3v) is 5.04. The number of Topliss-reactive ketones (excluding diaryl/α,β-unsaturated/α-hetero) is 1.